The molecule has 30 heavy (non-hydrogen) atoms. The Labute approximate surface area is 171 Å². The van der Waals surface area contributed by atoms with Gasteiger partial charge in [-0.05, 0) is 48.0 Å². The molecular formula is C23H18N4O3. The Balaban J connectivity index is 1.53. The molecule has 7 heteroatoms. The van der Waals surface area contributed by atoms with Gasteiger partial charge < -0.3 is 5.32 Å². The summed E-state index contributed by atoms with van der Waals surface area (Å²) in [4.78, 5) is 43.2. The molecule has 2 N–H and O–H groups in total. The first-order chi connectivity index (χ1) is 14.6. The van der Waals surface area contributed by atoms with Gasteiger partial charge in [0.05, 0.1) is 16.6 Å². The maximum Gasteiger partial charge on any atom is 0.329 e. The van der Waals surface area contributed by atoms with Crippen LogP contribution in [0.5, 0.6) is 0 Å². The smallest absolute Gasteiger partial charge is 0.325 e. The average molecular weight is 398 g/mol. The zero-order chi connectivity index (χ0) is 20.9. The molecule has 2 aromatic heterocycles. The number of nitrogens with zero attached hydrogens (tertiary/aromatic N) is 2. The molecule has 0 saturated carbocycles. The fourth-order valence-electron chi connectivity index (χ4n) is 3.12. The van der Waals surface area contributed by atoms with E-state index in [1.54, 1.807) is 36.5 Å². The summed E-state index contributed by atoms with van der Waals surface area (Å²) in [5.41, 5.74) is 1.64. The van der Waals surface area contributed by atoms with Crippen LogP contribution in [0.4, 0.5) is 5.69 Å². The van der Waals surface area contributed by atoms with Crippen molar-refractivity contribution < 1.29 is 4.79 Å². The average Bonchev–Trinajstić information content (AvgIpc) is 2.76. The third-order valence-electron chi connectivity index (χ3n) is 4.51. The third-order valence-corrected chi connectivity index (χ3v) is 4.51. The van der Waals surface area contributed by atoms with Crippen molar-refractivity contribution in [2.45, 2.75) is 6.54 Å². The van der Waals surface area contributed by atoms with E-state index in [4.69, 9.17) is 0 Å². The highest BCUT2D eigenvalue weighted by molar-refractivity contribution is 5.92. The van der Waals surface area contributed by atoms with Crippen molar-refractivity contribution in [3.63, 3.8) is 0 Å². The number of fused-ring (bicyclic) bond motifs is 1. The number of hydrogen-bond donors (Lipinski definition) is 2. The highest BCUT2D eigenvalue weighted by Crippen LogP contribution is 2.14. The number of aromatic amines is 1. The molecular weight excluding hydrogens is 380 g/mol. The molecule has 0 aliphatic carbocycles. The number of carbonyl (C=O) groups excluding carboxylic acids is 1. The molecule has 2 aromatic carbocycles. The van der Waals surface area contributed by atoms with Gasteiger partial charge >= 0.3 is 5.69 Å². The van der Waals surface area contributed by atoms with Crippen molar-refractivity contribution in [2.24, 2.45) is 0 Å². The number of para-hydroxylation sites is 1. The highest BCUT2D eigenvalue weighted by Gasteiger charge is 2.11. The van der Waals surface area contributed by atoms with Crippen LogP contribution in [0, 0.1) is 0 Å². The number of aromatic nitrogens is 3. The first kappa shape index (κ1) is 19.1. The molecule has 0 bridgehead atoms. The second kappa shape index (κ2) is 8.40. The second-order valence-electron chi connectivity index (χ2n) is 6.62. The first-order valence-corrected chi connectivity index (χ1v) is 9.31. The zero-order valence-electron chi connectivity index (χ0n) is 15.9. The Hall–Kier alpha value is -4.26. The topological polar surface area (TPSA) is 96.9 Å². The van der Waals surface area contributed by atoms with Crippen LogP contribution >= 0.6 is 0 Å². The van der Waals surface area contributed by atoms with Crippen molar-refractivity contribution in [3.8, 4) is 0 Å². The number of benzene rings is 2. The number of carbonyl (C=O) groups is 1. The summed E-state index contributed by atoms with van der Waals surface area (Å²) in [5, 5.41) is 3.15. The molecule has 0 saturated heterocycles. The Bertz CT molecular complexity index is 1350. The minimum Gasteiger partial charge on any atom is -0.325 e. The normalized spacial score (nSPS) is 11.1. The summed E-state index contributed by atoms with van der Waals surface area (Å²) in [6.07, 6.45) is 5.50. The monoisotopic (exact) mass is 398 g/mol. The summed E-state index contributed by atoms with van der Waals surface area (Å²) in [7, 11) is 0. The van der Waals surface area contributed by atoms with Gasteiger partial charge in [0.15, 0.2) is 0 Å². The molecule has 2 heterocycles. The molecule has 0 unspecified atom stereocenters. The third kappa shape index (κ3) is 4.25. The van der Waals surface area contributed by atoms with E-state index in [1.165, 1.54) is 4.57 Å². The minimum absolute atomic E-state index is 0.218. The molecule has 0 fully saturated rings. The van der Waals surface area contributed by atoms with Gasteiger partial charge in [-0.25, -0.2) is 4.79 Å². The van der Waals surface area contributed by atoms with Crippen molar-refractivity contribution >= 4 is 34.6 Å². The van der Waals surface area contributed by atoms with Crippen molar-refractivity contribution in [1.82, 2.24) is 14.5 Å². The molecule has 0 aliphatic rings. The highest BCUT2D eigenvalue weighted by atomic mass is 16.2. The molecule has 0 aliphatic heterocycles. The summed E-state index contributed by atoms with van der Waals surface area (Å²) in [5.74, 6) is -0.375. The standard InChI is InChI=1S/C23H18N4O3/c28-21(15-27-20-10-2-1-9-19(20)22(29)26-23(27)30)25-18-8-5-6-16(14-18)11-12-17-7-3-4-13-24-17/h1-14H,15H2,(H,25,28)(H,26,29,30)/b12-11+. The fraction of sp³-hybridized carbons (Fsp3) is 0.0435. The number of nitrogens with one attached hydrogen (secondary N) is 2. The van der Waals surface area contributed by atoms with Crippen molar-refractivity contribution in [1.29, 1.82) is 0 Å². The van der Waals surface area contributed by atoms with E-state index in [9.17, 15) is 14.4 Å². The number of H-pyrrole nitrogens is 1. The van der Waals surface area contributed by atoms with Crippen LogP contribution in [-0.2, 0) is 11.3 Å². The van der Waals surface area contributed by atoms with E-state index in [1.807, 2.05) is 48.6 Å². The lowest BCUT2D eigenvalue weighted by molar-refractivity contribution is -0.116. The molecule has 4 aromatic rings. The van der Waals surface area contributed by atoms with Crippen LogP contribution in [-0.4, -0.2) is 20.4 Å². The number of pyridine rings is 1. The molecule has 148 valence electrons. The quantitative estimate of drug-likeness (QED) is 0.540. The predicted molar refractivity (Wildman–Crippen MR) is 117 cm³/mol. The van der Waals surface area contributed by atoms with E-state index in [0.29, 0.717) is 16.6 Å². The maximum absolute atomic E-state index is 12.6. The minimum atomic E-state index is -0.624. The summed E-state index contributed by atoms with van der Waals surface area (Å²) >= 11 is 0. The zero-order valence-corrected chi connectivity index (χ0v) is 15.9. The molecule has 4 rings (SSSR count). The molecule has 7 nitrogen and oxygen atoms in total. The predicted octanol–water partition coefficient (Wildman–Crippen LogP) is 2.89. The van der Waals surface area contributed by atoms with Gasteiger partial charge in [0.2, 0.25) is 5.91 Å². The van der Waals surface area contributed by atoms with Crippen LogP contribution in [0.3, 0.4) is 0 Å². The van der Waals surface area contributed by atoms with E-state index < -0.39 is 11.2 Å². The van der Waals surface area contributed by atoms with Gasteiger partial charge in [0.1, 0.15) is 6.54 Å². The van der Waals surface area contributed by atoms with Crippen LogP contribution < -0.4 is 16.6 Å². The van der Waals surface area contributed by atoms with Crippen molar-refractivity contribution in [3.05, 3.63) is 105 Å². The van der Waals surface area contributed by atoms with Crippen molar-refractivity contribution in [2.75, 3.05) is 5.32 Å². The first-order valence-electron chi connectivity index (χ1n) is 9.31. The van der Waals surface area contributed by atoms with Gasteiger partial charge in [-0.15, -0.1) is 0 Å². The van der Waals surface area contributed by atoms with Crippen LogP contribution in [0.1, 0.15) is 11.3 Å². The number of rotatable bonds is 5. The van der Waals surface area contributed by atoms with Gasteiger partial charge in [-0.1, -0.05) is 36.4 Å². The fourth-order valence-corrected chi connectivity index (χ4v) is 3.12. The summed E-state index contributed by atoms with van der Waals surface area (Å²) in [6, 6.07) is 19.7. The lowest BCUT2D eigenvalue weighted by atomic mass is 10.1. The van der Waals surface area contributed by atoms with Gasteiger partial charge in [-0.3, -0.25) is 24.1 Å². The lowest BCUT2D eigenvalue weighted by Crippen LogP contribution is -2.34. The maximum atomic E-state index is 12.6. The van der Waals surface area contributed by atoms with Gasteiger partial charge in [0.25, 0.3) is 5.56 Å². The Morgan fingerprint density at radius 3 is 2.67 bits per heavy atom. The van der Waals surface area contributed by atoms with E-state index in [-0.39, 0.29) is 12.5 Å². The summed E-state index contributed by atoms with van der Waals surface area (Å²) < 4.78 is 1.25. The summed E-state index contributed by atoms with van der Waals surface area (Å²) in [6.45, 7) is -0.218. The van der Waals surface area contributed by atoms with Gasteiger partial charge in [0, 0.05) is 11.9 Å². The number of amides is 1. The SMILES string of the molecule is O=C(Cn1c(=O)[nH]c(=O)c2ccccc21)Nc1cccc(/C=C/c2ccccn2)c1. The molecule has 0 radical (unpaired) electrons. The number of hydrogen-bond acceptors (Lipinski definition) is 4. The van der Waals surface area contributed by atoms with E-state index >= 15 is 0 Å². The van der Waals surface area contributed by atoms with Crippen LogP contribution in [0.2, 0.25) is 0 Å². The van der Waals surface area contributed by atoms with Crippen LogP contribution in [0.15, 0.2) is 82.5 Å². The van der Waals surface area contributed by atoms with Gasteiger partial charge in [-0.2, -0.15) is 0 Å². The molecule has 0 spiro atoms. The lowest BCUT2D eigenvalue weighted by Gasteiger charge is -2.10. The second-order valence-corrected chi connectivity index (χ2v) is 6.62. The molecule has 0 atom stereocenters. The Kier molecular flexibility index (Phi) is 5.34. The van der Waals surface area contributed by atoms with E-state index in [2.05, 4.69) is 15.3 Å². The largest absolute Gasteiger partial charge is 0.329 e. The Morgan fingerprint density at radius 2 is 1.83 bits per heavy atom. The Morgan fingerprint density at radius 1 is 1.00 bits per heavy atom. The van der Waals surface area contributed by atoms with Crippen LogP contribution in [0.25, 0.3) is 23.1 Å². The molecule has 1 amide bonds. The number of anilines is 1. The van der Waals surface area contributed by atoms with E-state index in [0.717, 1.165) is 11.3 Å².